The zero-order chi connectivity index (χ0) is 16.6. The van der Waals surface area contributed by atoms with E-state index >= 15 is 0 Å². The van der Waals surface area contributed by atoms with Gasteiger partial charge in [0.05, 0.1) is 4.90 Å². The van der Waals surface area contributed by atoms with Crippen molar-refractivity contribution in [3.63, 3.8) is 0 Å². The predicted molar refractivity (Wildman–Crippen MR) is 87.3 cm³/mol. The van der Waals surface area contributed by atoms with Crippen molar-refractivity contribution in [3.8, 4) is 0 Å². The Balaban J connectivity index is 2.64. The van der Waals surface area contributed by atoms with Crippen molar-refractivity contribution in [1.82, 2.24) is 14.9 Å². The summed E-state index contributed by atoms with van der Waals surface area (Å²) in [4.78, 5) is 13.9. The third-order valence-electron chi connectivity index (χ3n) is 2.91. The molecule has 0 aromatic heterocycles. The molecule has 0 aliphatic rings. The Morgan fingerprint density at radius 2 is 1.91 bits per heavy atom. The minimum Gasteiger partial charge on any atom is -0.349 e. The van der Waals surface area contributed by atoms with E-state index in [-0.39, 0.29) is 10.8 Å². The molecule has 2 N–H and O–H groups in total. The van der Waals surface area contributed by atoms with E-state index in [1.807, 2.05) is 19.0 Å². The van der Waals surface area contributed by atoms with E-state index in [0.717, 1.165) is 13.0 Å². The van der Waals surface area contributed by atoms with Crippen molar-refractivity contribution in [3.05, 3.63) is 42.5 Å². The quantitative estimate of drug-likeness (QED) is 0.521. The van der Waals surface area contributed by atoms with Crippen LogP contribution in [0.1, 0.15) is 16.8 Å². The Hall–Kier alpha value is -1.70. The lowest BCUT2D eigenvalue weighted by Crippen LogP contribution is -2.27. The SMILES string of the molecule is C=CCNC(=O)c1ccc(S(=O)(=O)NCCCN(C)C)cc1. The molecule has 0 bridgehead atoms. The zero-order valence-electron chi connectivity index (χ0n) is 13.0. The highest BCUT2D eigenvalue weighted by molar-refractivity contribution is 7.89. The number of hydrogen-bond acceptors (Lipinski definition) is 4. The van der Waals surface area contributed by atoms with Crippen LogP contribution in [0.15, 0.2) is 41.8 Å². The molecule has 0 radical (unpaired) electrons. The molecular formula is C15H23N3O3S. The van der Waals surface area contributed by atoms with Gasteiger partial charge in [0.15, 0.2) is 0 Å². The van der Waals surface area contributed by atoms with Gasteiger partial charge in [0, 0.05) is 18.7 Å². The van der Waals surface area contributed by atoms with Crippen molar-refractivity contribution >= 4 is 15.9 Å². The molecule has 1 aromatic rings. The van der Waals surface area contributed by atoms with Crippen LogP contribution < -0.4 is 10.0 Å². The molecule has 0 unspecified atom stereocenters. The summed E-state index contributed by atoms with van der Waals surface area (Å²) in [5, 5.41) is 2.63. The van der Waals surface area contributed by atoms with Gasteiger partial charge in [0.25, 0.3) is 5.91 Å². The lowest BCUT2D eigenvalue weighted by Gasteiger charge is -2.10. The number of sulfonamides is 1. The van der Waals surface area contributed by atoms with Crippen LogP contribution in [-0.2, 0) is 10.0 Å². The van der Waals surface area contributed by atoms with Gasteiger partial charge in [-0.2, -0.15) is 0 Å². The molecule has 0 aliphatic heterocycles. The molecule has 0 heterocycles. The molecule has 0 spiro atoms. The molecule has 1 aromatic carbocycles. The highest BCUT2D eigenvalue weighted by Gasteiger charge is 2.14. The van der Waals surface area contributed by atoms with E-state index in [1.165, 1.54) is 24.3 Å². The van der Waals surface area contributed by atoms with Crippen molar-refractivity contribution in [2.24, 2.45) is 0 Å². The van der Waals surface area contributed by atoms with Gasteiger partial charge in [-0.25, -0.2) is 13.1 Å². The summed E-state index contributed by atoms with van der Waals surface area (Å²) in [5.41, 5.74) is 0.411. The summed E-state index contributed by atoms with van der Waals surface area (Å²) < 4.78 is 26.7. The number of benzene rings is 1. The van der Waals surface area contributed by atoms with Crippen LogP contribution in [0.25, 0.3) is 0 Å². The number of carbonyl (C=O) groups excluding carboxylic acids is 1. The third kappa shape index (κ3) is 5.97. The van der Waals surface area contributed by atoms with Gasteiger partial charge in [-0.15, -0.1) is 6.58 Å². The number of hydrogen-bond donors (Lipinski definition) is 2. The molecule has 0 fully saturated rings. The Kier molecular flexibility index (Phi) is 7.23. The maximum absolute atomic E-state index is 12.1. The van der Waals surface area contributed by atoms with Gasteiger partial charge in [0.2, 0.25) is 10.0 Å². The van der Waals surface area contributed by atoms with E-state index < -0.39 is 10.0 Å². The first-order chi connectivity index (χ1) is 10.4. The van der Waals surface area contributed by atoms with Gasteiger partial charge >= 0.3 is 0 Å². The van der Waals surface area contributed by atoms with E-state index in [9.17, 15) is 13.2 Å². The molecule has 22 heavy (non-hydrogen) atoms. The van der Waals surface area contributed by atoms with E-state index in [1.54, 1.807) is 6.08 Å². The first-order valence-corrected chi connectivity index (χ1v) is 8.48. The second kappa shape index (κ2) is 8.67. The monoisotopic (exact) mass is 325 g/mol. The summed E-state index contributed by atoms with van der Waals surface area (Å²) in [5.74, 6) is -0.261. The fourth-order valence-corrected chi connectivity index (χ4v) is 2.81. The van der Waals surface area contributed by atoms with Crippen LogP contribution in [0, 0.1) is 0 Å². The lowest BCUT2D eigenvalue weighted by molar-refractivity contribution is 0.0958. The van der Waals surface area contributed by atoms with Gasteiger partial charge < -0.3 is 10.2 Å². The highest BCUT2D eigenvalue weighted by atomic mass is 32.2. The zero-order valence-corrected chi connectivity index (χ0v) is 13.8. The topological polar surface area (TPSA) is 78.5 Å². The molecule has 7 heteroatoms. The molecule has 0 atom stereocenters. The molecule has 1 rings (SSSR count). The average Bonchev–Trinajstić information content (AvgIpc) is 2.49. The number of rotatable bonds is 9. The second-order valence-electron chi connectivity index (χ2n) is 5.08. The maximum atomic E-state index is 12.1. The molecule has 0 saturated heterocycles. The van der Waals surface area contributed by atoms with Crippen molar-refractivity contribution in [2.45, 2.75) is 11.3 Å². The number of nitrogens with one attached hydrogen (secondary N) is 2. The van der Waals surface area contributed by atoms with Gasteiger partial charge in [-0.05, 0) is 51.3 Å². The fourth-order valence-electron chi connectivity index (χ4n) is 1.74. The minimum atomic E-state index is -3.53. The minimum absolute atomic E-state index is 0.151. The van der Waals surface area contributed by atoms with Crippen molar-refractivity contribution in [2.75, 3.05) is 33.7 Å². The number of carbonyl (C=O) groups is 1. The van der Waals surface area contributed by atoms with Gasteiger partial charge in [0.1, 0.15) is 0 Å². The smallest absolute Gasteiger partial charge is 0.251 e. The van der Waals surface area contributed by atoms with E-state index in [2.05, 4.69) is 16.6 Å². The normalized spacial score (nSPS) is 11.4. The Labute approximate surface area is 132 Å². The highest BCUT2D eigenvalue weighted by Crippen LogP contribution is 2.10. The summed E-state index contributed by atoms with van der Waals surface area (Å²) >= 11 is 0. The van der Waals surface area contributed by atoms with Gasteiger partial charge in [-0.1, -0.05) is 6.08 Å². The Bertz CT molecular complexity index is 595. The standard InChI is InChI=1S/C15H23N3O3S/c1-4-10-16-15(19)13-6-8-14(9-7-13)22(20,21)17-11-5-12-18(2)3/h4,6-9,17H,1,5,10-12H2,2-3H3,(H,16,19). The van der Waals surface area contributed by atoms with Crippen LogP contribution in [-0.4, -0.2) is 53.0 Å². The first kappa shape index (κ1) is 18.3. The second-order valence-corrected chi connectivity index (χ2v) is 6.84. The van der Waals surface area contributed by atoms with Crippen molar-refractivity contribution in [1.29, 1.82) is 0 Å². The van der Waals surface area contributed by atoms with E-state index in [4.69, 9.17) is 0 Å². The summed E-state index contributed by atoms with van der Waals surface area (Å²) in [6, 6.07) is 5.84. The summed E-state index contributed by atoms with van der Waals surface area (Å²) in [6.45, 7) is 5.07. The summed E-state index contributed by atoms with van der Waals surface area (Å²) in [6.07, 6.45) is 2.31. The van der Waals surface area contributed by atoms with Gasteiger partial charge in [-0.3, -0.25) is 4.79 Å². The van der Waals surface area contributed by atoms with E-state index in [0.29, 0.717) is 18.7 Å². The molecule has 0 saturated carbocycles. The van der Waals surface area contributed by atoms with Crippen molar-refractivity contribution < 1.29 is 13.2 Å². The Morgan fingerprint density at radius 3 is 2.45 bits per heavy atom. The van der Waals surface area contributed by atoms with Crippen LogP contribution in [0.4, 0.5) is 0 Å². The fraction of sp³-hybridized carbons (Fsp3) is 0.400. The molecule has 6 nitrogen and oxygen atoms in total. The largest absolute Gasteiger partial charge is 0.349 e. The Morgan fingerprint density at radius 1 is 1.27 bits per heavy atom. The van der Waals surface area contributed by atoms with Crippen LogP contribution in [0.5, 0.6) is 0 Å². The number of nitrogens with zero attached hydrogens (tertiary/aromatic N) is 1. The summed E-state index contributed by atoms with van der Waals surface area (Å²) in [7, 11) is 0.336. The lowest BCUT2D eigenvalue weighted by atomic mass is 10.2. The van der Waals surface area contributed by atoms with Crippen LogP contribution in [0.2, 0.25) is 0 Å². The molecule has 1 amide bonds. The third-order valence-corrected chi connectivity index (χ3v) is 4.38. The first-order valence-electron chi connectivity index (χ1n) is 7.00. The molecule has 0 aliphatic carbocycles. The molecule has 122 valence electrons. The van der Waals surface area contributed by atoms with Crippen LogP contribution >= 0.6 is 0 Å². The number of amides is 1. The predicted octanol–water partition coefficient (Wildman–Crippen LogP) is 0.832. The van der Waals surface area contributed by atoms with Crippen LogP contribution in [0.3, 0.4) is 0 Å². The maximum Gasteiger partial charge on any atom is 0.251 e. The molecular weight excluding hydrogens is 302 g/mol. The average molecular weight is 325 g/mol.